The Hall–Kier alpha value is -1.06. The number of carbonyl (C=O) groups excluding carboxylic acids is 2. The van der Waals surface area contributed by atoms with Crippen molar-refractivity contribution < 1.29 is 9.59 Å². The maximum absolute atomic E-state index is 11.0. The maximum Gasteiger partial charge on any atom is 0.318 e. The van der Waals surface area contributed by atoms with Crippen LogP contribution in [-0.4, -0.2) is 11.9 Å². The van der Waals surface area contributed by atoms with E-state index in [0.29, 0.717) is 5.92 Å². The summed E-state index contributed by atoms with van der Waals surface area (Å²) >= 11 is 0. The van der Waals surface area contributed by atoms with E-state index in [1.807, 2.05) is 6.92 Å². The van der Waals surface area contributed by atoms with Crippen LogP contribution in [0.5, 0.6) is 0 Å². The van der Waals surface area contributed by atoms with Crippen molar-refractivity contribution in [2.45, 2.75) is 19.8 Å². The SMILES string of the molecule is CC(C(=O)NC(N)=O)C1CC1. The van der Waals surface area contributed by atoms with Crippen LogP contribution >= 0.6 is 0 Å². The maximum atomic E-state index is 11.0. The van der Waals surface area contributed by atoms with Crippen molar-refractivity contribution in [3.05, 3.63) is 0 Å². The molecule has 0 aliphatic heterocycles. The molecule has 1 fully saturated rings. The molecular weight excluding hydrogens is 144 g/mol. The fourth-order valence-electron chi connectivity index (χ4n) is 1.05. The first-order valence-corrected chi connectivity index (χ1v) is 3.71. The Morgan fingerprint density at radius 3 is 2.45 bits per heavy atom. The summed E-state index contributed by atoms with van der Waals surface area (Å²) in [6.07, 6.45) is 2.18. The lowest BCUT2D eigenvalue weighted by atomic mass is 10.1. The van der Waals surface area contributed by atoms with Crippen LogP contribution in [0.25, 0.3) is 0 Å². The van der Waals surface area contributed by atoms with Crippen molar-refractivity contribution in [1.82, 2.24) is 5.32 Å². The molecule has 1 atom stereocenters. The molecule has 1 aliphatic rings. The summed E-state index contributed by atoms with van der Waals surface area (Å²) in [5.74, 6) is 0.150. The molecule has 0 heterocycles. The molecule has 4 heteroatoms. The summed E-state index contributed by atoms with van der Waals surface area (Å²) in [6.45, 7) is 1.82. The number of imide groups is 1. The first-order valence-electron chi connectivity index (χ1n) is 3.71. The van der Waals surface area contributed by atoms with Gasteiger partial charge in [0.15, 0.2) is 0 Å². The van der Waals surface area contributed by atoms with Gasteiger partial charge in [-0.1, -0.05) is 6.92 Å². The summed E-state index contributed by atoms with van der Waals surface area (Å²) in [4.78, 5) is 21.3. The topological polar surface area (TPSA) is 72.2 Å². The van der Waals surface area contributed by atoms with Crippen molar-refractivity contribution in [3.8, 4) is 0 Å². The molecule has 0 bridgehead atoms. The molecule has 3 N–H and O–H groups in total. The summed E-state index contributed by atoms with van der Waals surface area (Å²) in [5, 5.41) is 2.06. The summed E-state index contributed by atoms with van der Waals surface area (Å²) < 4.78 is 0. The molecule has 4 nitrogen and oxygen atoms in total. The van der Waals surface area contributed by atoms with E-state index in [1.165, 1.54) is 0 Å². The van der Waals surface area contributed by atoms with Gasteiger partial charge in [0.25, 0.3) is 0 Å². The minimum atomic E-state index is -0.762. The molecule has 1 saturated carbocycles. The normalized spacial score (nSPS) is 19.0. The molecule has 11 heavy (non-hydrogen) atoms. The number of primary amides is 1. The number of nitrogens with two attached hydrogens (primary N) is 1. The van der Waals surface area contributed by atoms with E-state index in [4.69, 9.17) is 5.73 Å². The standard InChI is InChI=1S/C7H12N2O2/c1-4(5-2-3-5)6(10)9-7(8)11/h4-5H,2-3H2,1H3,(H3,8,9,10,11). The Labute approximate surface area is 65.1 Å². The Balaban J connectivity index is 2.33. The number of carbonyl (C=O) groups is 2. The Morgan fingerprint density at radius 1 is 1.55 bits per heavy atom. The van der Waals surface area contributed by atoms with Gasteiger partial charge in [0.1, 0.15) is 0 Å². The van der Waals surface area contributed by atoms with Crippen molar-refractivity contribution in [2.24, 2.45) is 17.6 Å². The van der Waals surface area contributed by atoms with Gasteiger partial charge in [0.05, 0.1) is 0 Å². The highest BCUT2D eigenvalue weighted by molar-refractivity contribution is 5.94. The van der Waals surface area contributed by atoms with Crippen LogP contribution in [0.3, 0.4) is 0 Å². The Kier molecular flexibility index (Phi) is 2.12. The molecule has 0 aromatic carbocycles. The molecule has 0 spiro atoms. The number of urea groups is 1. The number of amides is 3. The lowest BCUT2D eigenvalue weighted by molar-refractivity contribution is -0.123. The smallest absolute Gasteiger partial charge is 0.318 e. The quantitative estimate of drug-likeness (QED) is 0.600. The third kappa shape index (κ3) is 2.22. The first kappa shape index (κ1) is 8.04. The largest absolute Gasteiger partial charge is 0.351 e. The highest BCUT2D eigenvalue weighted by Gasteiger charge is 2.32. The molecule has 0 radical (unpaired) electrons. The lowest BCUT2D eigenvalue weighted by Gasteiger charge is -2.07. The predicted molar refractivity (Wildman–Crippen MR) is 39.6 cm³/mol. The third-order valence-corrected chi connectivity index (χ3v) is 1.99. The minimum Gasteiger partial charge on any atom is -0.351 e. The molecule has 62 valence electrons. The molecule has 3 amide bonds. The zero-order chi connectivity index (χ0) is 8.43. The molecule has 0 saturated heterocycles. The van der Waals surface area contributed by atoms with Gasteiger partial charge in [-0.3, -0.25) is 10.1 Å². The zero-order valence-corrected chi connectivity index (χ0v) is 6.46. The second-order valence-corrected chi connectivity index (χ2v) is 2.98. The fourth-order valence-corrected chi connectivity index (χ4v) is 1.05. The van der Waals surface area contributed by atoms with Gasteiger partial charge in [-0.05, 0) is 18.8 Å². The average Bonchev–Trinajstić information content (AvgIpc) is 2.65. The van der Waals surface area contributed by atoms with Crippen LogP contribution in [0, 0.1) is 11.8 Å². The van der Waals surface area contributed by atoms with Crippen LogP contribution < -0.4 is 11.1 Å². The zero-order valence-electron chi connectivity index (χ0n) is 6.46. The lowest BCUT2D eigenvalue weighted by Crippen LogP contribution is -2.38. The van der Waals surface area contributed by atoms with Gasteiger partial charge < -0.3 is 5.73 Å². The summed E-state index contributed by atoms with van der Waals surface area (Å²) in [6, 6.07) is -0.762. The molecule has 1 aliphatic carbocycles. The highest BCUT2D eigenvalue weighted by Crippen LogP contribution is 2.36. The van der Waals surface area contributed by atoms with E-state index in [1.54, 1.807) is 0 Å². The van der Waals surface area contributed by atoms with Crippen molar-refractivity contribution in [2.75, 3.05) is 0 Å². The van der Waals surface area contributed by atoms with E-state index in [2.05, 4.69) is 5.32 Å². The van der Waals surface area contributed by atoms with Gasteiger partial charge in [0.2, 0.25) is 5.91 Å². The Bertz CT molecular complexity index is 187. The van der Waals surface area contributed by atoms with Crippen LogP contribution in [0.1, 0.15) is 19.8 Å². The minimum absolute atomic E-state index is 0.0671. The molecule has 1 unspecified atom stereocenters. The summed E-state index contributed by atoms with van der Waals surface area (Å²) in [7, 11) is 0. The van der Waals surface area contributed by atoms with E-state index in [0.717, 1.165) is 12.8 Å². The number of nitrogens with one attached hydrogen (secondary N) is 1. The van der Waals surface area contributed by atoms with E-state index < -0.39 is 6.03 Å². The van der Waals surface area contributed by atoms with Crippen LogP contribution in [0.2, 0.25) is 0 Å². The van der Waals surface area contributed by atoms with Crippen molar-refractivity contribution in [1.29, 1.82) is 0 Å². The van der Waals surface area contributed by atoms with Gasteiger partial charge >= 0.3 is 6.03 Å². The van der Waals surface area contributed by atoms with Gasteiger partial charge in [-0.2, -0.15) is 0 Å². The first-order chi connectivity index (χ1) is 5.11. The van der Waals surface area contributed by atoms with Gasteiger partial charge in [-0.15, -0.1) is 0 Å². The highest BCUT2D eigenvalue weighted by atomic mass is 16.2. The third-order valence-electron chi connectivity index (χ3n) is 1.99. The average molecular weight is 156 g/mol. The Morgan fingerprint density at radius 2 is 2.09 bits per heavy atom. The molecule has 0 aromatic rings. The van der Waals surface area contributed by atoms with Gasteiger partial charge in [-0.25, -0.2) is 4.79 Å². The van der Waals surface area contributed by atoms with Crippen molar-refractivity contribution in [3.63, 3.8) is 0 Å². The predicted octanol–water partition coefficient (Wildman–Crippen LogP) is 0.227. The second kappa shape index (κ2) is 2.90. The fraction of sp³-hybridized carbons (Fsp3) is 0.714. The monoisotopic (exact) mass is 156 g/mol. The van der Waals surface area contributed by atoms with Crippen molar-refractivity contribution >= 4 is 11.9 Å². The number of hydrogen-bond acceptors (Lipinski definition) is 2. The van der Waals surface area contributed by atoms with E-state index in [-0.39, 0.29) is 11.8 Å². The van der Waals surface area contributed by atoms with Crippen LogP contribution in [-0.2, 0) is 4.79 Å². The molecule has 0 aromatic heterocycles. The molecule has 1 rings (SSSR count). The van der Waals surface area contributed by atoms with Gasteiger partial charge in [0, 0.05) is 5.92 Å². The van der Waals surface area contributed by atoms with Crippen LogP contribution in [0.4, 0.5) is 4.79 Å². The number of rotatable bonds is 2. The summed E-state index contributed by atoms with van der Waals surface area (Å²) in [5.41, 5.74) is 4.78. The van der Waals surface area contributed by atoms with E-state index >= 15 is 0 Å². The molecular formula is C7H12N2O2. The number of hydrogen-bond donors (Lipinski definition) is 2. The van der Waals surface area contributed by atoms with E-state index in [9.17, 15) is 9.59 Å². The second-order valence-electron chi connectivity index (χ2n) is 2.98. The van der Waals surface area contributed by atoms with Crippen LogP contribution in [0.15, 0.2) is 0 Å².